The quantitative estimate of drug-likeness (QED) is 0.314. The van der Waals surface area contributed by atoms with Gasteiger partial charge in [0.2, 0.25) is 15.8 Å². The van der Waals surface area contributed by atoms with E-state index >= 15 is 0 Å². The first-order valence-electron chi connectivity index (χ1n) is 7.53. The molecular formula is C16H11F5N4O3S. The Labute approximate surface area is 161 Å². The summed E-state index contributed by atoms with van der Waals surface area (Å²) >= 11 is 0. The van der Waals surface area contributed by atoms with Crippen LogP contribution in [-0.2, 0) is 14.8 Å². The number of hydrazine groups is 1. The minimum Gasteiger partial charge on any atom is -0.293 e. The number of halogens is 5. The Bertz CT molecular complexity index is 1070. The van der Waals surface area contributed by atoms with Crippen LogP contribution in [0.1, 0.15) is 5.56 Å². The number of rotatable bonds is 6. The van der Waals surface area contributed by atoms with E-state index < -0.39 is 57.2 Å². The van der Waals surface area contributed by atoms with E-state index in [0.29, 0.717) is 4.31 Å². The Hall–Kier alpha value is -3.24. The van der Waals surface area contributed by atoms with Crippen LogP contribution < -0.4 is 10.9 Å². The second kappa shape index (κ2) is 8.41. The molecule has 2 N–H and O–H groups in total. The molecule has 0 fully saturated rings. The lowest BCUT2D eigenvalue weighted by Crippen LogP contribution is -2.41. The topological polar surface area (TPSA) is 102 Å². The zero-order valence-corrected chi connectivity index (χ0v) is 15.3. The van der Waals surface area contributed by atoms with E-state index in [2.05, 4.69) is 0 Å². The number of carbonyl (C=O) groups excluding carboxylic acids is 1. The van der Waals surface area contributed by atoms with Gasteiger partial charge in [-0.3, -0.25) is 15.6 Å². The summed E-state index contributed by atoms with van der Waals surface area (Å²) < 4.78 is 91.5. The summed E-state index contributed by atoms with van der Waals surface area (Å²) in [5.74, 6) is -12.4. The fraction of sp³-hybridized carbons (Fsp3) is 0.125. The number of carbonyl (C=O) groups is 1. The minimum atomic E-state index is -4.16. The molecule has 7 nitrogen and oxygen atoms in total. The van der Waals surface area contributed by atoms with Gasteiger partial charge in [-0.05, 0) is 24.3 Å². The van der Waals surface area contributed by atoms with Gasteiger partial charge in [0.05, 0.1) is 23.1 Å². The summed E-state index contributed by atoms with van der Waals surface area (Å²) in [6.07, 6.45) is 0. The van der Waals surface area contributed by atoms with E-state index in [1.807, 2.05) is 0 Å². The average Bonchev–Trinajstić information content (AvgIpc) is 2.70. The second-order valence-corrected chi connectivity index (χ2v) is 7.56. The van der Waals surface area contributed by atoms with Crippen LogP contribution in [0.3, 0.4) is 0 Å². The molecule has 0 saturated carbocycles. The highest BCUT2D eigenvalue weighted by molar-refractivity contribution is 7.89. The second-order valence-electron chi connectivity index (χ2n) is 5.52. The minimum absolute atomic E-state index is 0.205. The van der Waals surface area contributed by atoms with Gasteiger partial charge in [0, 0.05) is 7.05 Å². The highest BCUT2D eigenvalue weighted by atomic mass is 32.2. The molecule has 1 amide bonds. The number of hydrogen-bond acceptors (Lipinski definition) is 5. The molecule has 0 heterocycles. The van der Waals surface area contributed by atoms with Crippen LogP contribution in [0.2, 0.25) is 0 Å². The molecule has 0 saturated heterocycles. The maximum atomic E-state index is 13.5. The van der Waals surface area contributed by atoms with Gasteiger partial charge in [-0.2, -0.15) is 9.57 Å². The average molecular weight is 434 g/mol. The van der Waals surface area contributed by atoms with E-state index in [0.717, 1.165) is 19.2 Å². The molecule has 0 radical (unpaired) electrons. The van der Waals surface area contributed by atoms with Crippen LogP contribution in [-0.4, -0.2) is 32.2 Å². The fourth-order valence-corrected chi connectivity index (χ4v) is 3.18. The molecule has 13 heteroatoms. The number of anilines is 1. The molecule has 0 aliphatic carbocycles. The van der Waals surface area contributed by atoms with Gasteiger partial charge >= 0.3 is 0 Å². The maximum absolute atomic E-state index is 13.5. The smallest absolute Gasteiger partial charge is 0.253 e. The van der Waals surface area contributed by atoms with Crippen LogP contribution in [0.25, 0.3) is 0 Å². The molecular weight excluding hydrogens is 423 g/mol. The first kappa shape index (κ1) is 22.1. The third-order valence-electron chi connectivity index (χ3n) is 3.59. The van der Waals surface area contributed by atoms with Crippen molar-refractivity contribution in [3.05, 3.63) is 58.9 Å². The van der Waals surface area contributed by atoms with Gasteiger partial charge in [-0.1, -0.05) is 0 Å². The number of benzene rings is 2. The van der Waals surface area contributed by atoms with Gasteiger partial charge in [-0.15, -0.1) is 0 Å². The Kier molecular flexibility index (Phi) is 6.40. The predicted octanol–water partition coefficient (Wildman–Crippen LogP) is 2.02. The molecule has 0 aromatic heterocycles. The lowest BCUT2D eigenvalue weighted by atomic mass is 10.2. The molecule has 154 valence electrons. The molecule has 2 rings (SSSR count). The Morgan fingerprint density at radius 1 is 1.00 bits per heavy atom. The lowest BCUT2D eigenvalue weighted by molar-refractivity contribution is -0.120. The molecule has 0 atom stereocenters. The molecule has 0 unspecified atom stereocenters. The molecule has 29 heavy (non-hydrogen) atoms. The van der Waals surface area contributed by atoms with Gasteiger partial charge < -0.3 is 0 Å². The number of likely N-dealkylation sites (N-methyl/N-ethyl adjacent to an activating group) is 1. The van der Waals surface area contributed by atoms with Gasteiger partial charge in [0.25, 0.3) is 5.91 Å². The van der Waals surface area contributed by atoms with Gasteiger partial charge in [0.15, 0.2) is 23.3 Å². The number of sulfonamides is 1. The van der Waals surface area contributed by atoms with Crippen molar-refractivity contribution in [3.8, 4) is 6.07 Å². The number of hydrogen-bond donors (Lipinski definition) is 2. The van der Waals surface area contributed by atoms with Crippen molar-refractivity contribution in [3.63, 3.8) is 0 Å². The third kappa shape index (κ3) is 4.44. The zero-order valence-electron chi connectivity index (χ0n) is 14.4. The van der Waals surface area contributed by atoms with Crippen LogP contribution in [0.5, 0.6) is 0 Å². The van der Waals surface area contributed by atoms with Crippen molar-refractivity contribution < 1.29 is 35.2 Å². The summed E-state index contributed by atoms with van der Waals surface area (Å²) in [7, 11) is -3.14. The van der Waals surface area contributed by atoms with Crippen molar-refractivity contribution in [2.45, 2.75) is 4.90 Å². The van der Waals surface area contributed by atoms with Crippen molar-refractivity contribution in [1.29, 1.82) is 5.26 Å². The van der Waals surface area contributed by atoms with Crippen molar-refractivity contribution >= 4 is 21.6 Å². The molecule has 2 aromatic carbocycles. The lowest BCUT2D eigenvalue weighted by Gasteiger charge is -2.18. The zero-order chi connectivity index (χ0) is 21.9. The van der Waals surface area contributed by atoms with Gasteiger partial charge in [0.1, 0.15) is 5.69 Å². The van der Waals surface area contributed by atoms with Crippen molar-refractivity contribution in [2.24, 2.45) is 0 Å². The molecule has 0 spiro atoms. The normalized spacial score (nSPS) is 11.2. The maximum Gasteiger partial charge on any atom is 0.253 e. The fourth-order valence-electron chi connectivity index (χ4n) is 2.05. The van der Waals surface area contributed by atoms with E-state index in [4.69, 9.17) is 5.26 Å². The monoisotopic (exact) mass is 434 g/mol. The summed E-state index contributed by atoms with van der Waals surface area (Å²) in [5, 5.41) is 8.71. The Balaban J connectivity index is 2.10. The Morgan fingerprint density at radius 3 is 1.97 bits per heavy atom. The first-order valence-corrected chi connectivity index (χ1v) is 8.97. The van der Waals surface area contributed by atoms with Crippen LogP contribution >= 0.6 is 0 Å². The summed E-state index contributed by atoms with van der Waals surface area (Å²) in [5.41, 5.74) is 1.90. The van der Waals surface area contributed by atoms with Crippen LogP contribution in [0.4, 0.5) is 27.6 Å². The molecule has 0 aliphatic rings. The number of nitriles is 1. The predicted molar refractivity (Wildman–Crippen MR) is 89.0 cm³/mol. The molecule has 0 bridgehead atoms. The highest BCUT2D eigenvalue weighted by Gasteiger charge is 2.27. The van der Waals surface area contributed by atoms with E-state index in [9.17, 15) is 35.2 Å². The summed E-state index contributed by atoms with van der Waals surface area (Å²) in [4.78, 5) is 11.6. The third-order valence-corrected chi connectivity index (χ3v) is 5.41. The largest absolute Gasteiger partial charge is 0.293 e. The van der Waals surface area contributed by atoms with Gasteiger partial charge in [-0.25, -0.2) is 30.4 Å². The van der Waals surface area contributed by atoms with E-state index in [1.165, 1.54) is 12.1 Å². The van der Waals surface area contributed by atoms with E-state index in [1.54, 1.807) is 16.9 Å². The molecule has 0 aliphatic heterocycles. The summed E-state index contributed by atoms with van der Waals surface area (Å²) in [6.45, 7) is -0.856. The standard InChI is InChI=1S/C16H11F5N4O3S/c1-25(29(27,28)9-4-2-8(6-22)3-5-9)7-10(26)23-24-16-14(20)12(18)11(17)13(19)15(16)21/h2-5,24H,7H2,1H3,(H,23,26). The Morgan fingerprint density at radius 2 is 1.48 bits per heavy atom. The van der Waals surface area contributed by atoms with Crippen LogP contribution in [0, 0.1) is 40.4 Å². The SMILES string of the molecule is CN(CC(=O)NNc1c(F)c(F)c(F)c(F)c1F)S(=O)(=O)c1ccc(C#N)cc1. The van der Waals surface area contributed by atoms with Crippen LogP contribution in [0.15, 0.2) is 29.2 Å². The highest BCUT2D eigenvalue weighted by Crippen LogP contribution is 2.26. The van der Waals surface area contributed by atoms with Crippen molar-refractivity contribution in [2.75, 3.05) is 19.0 Å². The number of nitrogens with one attached hydrogen (secondary N) is 2. The van der Waals surface area contributed by atoms with Crippen molar-refractivity contribution in [1.82, 2.24) is 9.73 Å². The number of nitrogens with zero attached hydrogens (tertiary/aromatic N) is 2. The van der Waals surface area contributed by atoms with E-state index in [-0.39, 0.29) is 10.5 Å². The number of amides is 1. The molecule has 2 aromatic rings. The summed E-state index contributed by atoms with van der Waals surface area (Å²) in [6, 6.07) is 6.55. The first-order chi connectivity index (χ1) is 13.5.